The summed E-state index contributed by atoms with van der Waals surface area (Å²) in [5.74, 6) is -1.26. The molecule has 152 valence electrons. The Balaban J connectivity index is 1.77. The van der Waals surface area contributed by atoms with Crippen LogP contribution in [0.3, 0.4) is 0 Å². The summed E-state index contributed by atoms with van der Waals surface area (Å²) in [6, 6.07) is 3.24. The van der Waals surface area contributed by atoms with Gasteiger partial charge in [0.2, 0.25) is 0 Å². The minimum atomic E-state index is -1.28. The van der Waals surface area contributed by atoms with Crippen molar-refractivity contribution in [3.05, 3.63) is 23.8 Å². The third-order valence-corrected chi connectivity index (χ3v) is 6.13. The highest BCUT2D eigenvalue weighted by molar-refractivity contribution is 7.11. The van der Waals surface area contributed by atoms with Gasteiger partial charge in [-0.05, 0) is 66.1 Å². The van der Waals surface area contributed by atoms with E-state index in [1.54, 1.807) is 36.9 Å². The molecule has 1 aromatic heterocycles. The molecule has 2 saturated heterocycles. The average Bonchev–Trinajstić information content (AvgIpc) is 2.91. The number of nitrogens with one attached hydrogen (secondary N) is 1. The Morgan fingerprint density at radius 1 is 0.964 bits per heavy atom. The Labute approximate surface area is 167 Å². The van der Waals surface area contributed by atoms with Crippen LogP contribution < -0.4 is 11.0 Å². The predicted octanol–water partition coefficient (Wildman–Crippen LogP) is 0.409. The normalized spacial score (nSPS) is 28.0. The lowest BCUT2D eigenvalue weighted by Gasteiger charge is -2.37. The van der Waals surface area contributed by atoms with Crippen molar-refractivity contribution in [1.29, 1.82) is 5.41 Å². The molecule has 0 bridgehead atoms. The van der Waals surface area contributed by atoms with E-state index < -0.39 is 43.7 Å². The van der Waals surface area contributed by atoms with Crippen LogP contribution in [-0.2, 0) is 30.3 Å². The monoisotopic (exact) mass is 390 g/mol. The SMILES string of the molecule is Cn1ccc(B(O)OC2(C)OB(B3OC(C)(C)C(C)(C)O3)OC2(C)C)cc1=N. The molecule has 0 spiro atoms. The Morgan fingerprint density at radius 2 is 1.46 bits per heavy atom. The maximum absolute atomic E-state index is 10.6. The number of hydrogen-bond acceptors (Lipinski definition) is 7. The Morgan fingerprint density at radius 3 is 2.00 bits per heavy atom. The van der Waals surface area contributed by atoms with E-state index in [1.807, 2.05) is 41.5 Å². The number of pyridine rings is 1. The molecule has 0 saturated carbocycles. The van der Waals surface area contributed by atoms with Crippen molar-refractivity contribution in [3.8, 4) is 0 Å². The lowest BCUT2D eigenvalue weighted by Crippen LogP contribution is -2.53. The molecule has 2 fully saturated rings. The molecule has 2 aliphatic rings. The minimum absolute atomic E-state index is 0.253. The van der Waals surface area contributed by atoms with E-state index in [-0.39, 0.29) is 5.49 Å². The lowest BCUT2D eigenvalue weighted by atomic mass is 9.49. The Kier molecular flexibility index (Phi) is 5.18. The zero-order chi connectivity index (χ0) is 21.1. The molecule has 2 aliphatic heterocycles. The molecule has 3 heterocycles. The molecule has 3 rings (SSSR count). The maximum atomic E-state index is 10.6. The van der Waals surface area contributed by atoms with Gasteiger partial charge in [-0.2, -0.15) is 0 Å². The highest BCUT2D eigenvalue weighted by Crippen LogP contribution is 2.43. The first-order valence-corrected chi connectivity index (χ1v) is 9.46. The molecule has 11 heteroatoms. The second-order valence-electron chi connectivity index (χ2n) is 9.11. The van der Waals surface area contributed by atoms with Gasteiger partial charge in [-0.15, -0.1) is 0 Å². The minimum Gasteiger partial charge on any atom is -0.423 e. The third-order valence-electron chi connectivity index (χ3n) is 6.13. The van der Waals surface area contributed by atoms with E-state index in [0.29, 0.717) is 5.46 Å². The Bertz CT molecular complexity index is 798. The van der Waals surface area contributed by atoms with Crippen LogP contribution in [0.15, 0.2) is 18.3 Å². The van der Waals surface area contributed by atoms with E-state index in [2.05, 4.69) is 0 Å². The highest BCUT2D eigenvalue weighted by atomic mass is 16.8. The van der Waals surface area contributed by atoms with Gasteiger partial charge in [0.05, 0.1) is 16.8 Å². The van der Waals surface area contributed by atoms with Gasteiger partial charge in [-0.25, -0.2) is 0 Å². The van der Waals surface area contributed by atoms with Crippen molar-refractivity contribution in [3.63, 3.8) is 0 Å². The fraction of sp³-hybridized carbons (Fsp3) is 0.706. The lowest BCUT2D eigenvalue weighted by molar-refractivity contribution is -0.164. The third kappa shape index (κ3) is 3.60. The molecule has 0 amide bonds. The number of aryl methyl sites for hydroxylation is 1. The summed E-state index contributed by atoms with van der Waals surface area (Å²) in [5.41, 5.74) is -1.20. The fourth-order valence-electron chi connectivity index (χ4n) is 3.09. The number of nitrogens with zero attached hydrogens (tertiary/aromatic N) is 1. The van der Waals surface area contributed by atoms with Gasteiger partial charge in [0.1, 0.15) is 5.49 Å². The smallest absolute Gasteiger partial charge is 0.423 e. The van der Waals surface area contributed by atoms with Crippen molar-refractivity contribution >= 4 is 26.6 Å². The van der Waals surface area contributed by atoms with Crippen LogP contribution >= 0.6 is 0 Å². The zero-order valence-electron chi connectivity index (χ0n) is 17.9. The molecule has 2 N–H and O–H groups in total. The molecule has 1 unspecified atom stereocenters. The fourth-order valence-corrected chi connectivity index (χ4v) is 3.09. The molecule has 0 radical (unpaired) electrons. The standard InChI is InChI=1S/C17H29B3N2O6/c1-14(2)15(3,4)25-19(24-14)20-26-16(5,6)17(7,28-20)27-18(23)12-9-10-22(8)13(21)11-12/h9-11,21,23H,1-8H3. The zero-order valence-corrected chi connectivity index (χ0v) is 17.9. The molecule has 1 aromatic rings. The maximum Gasteiger partial charge on any atom is 0.493 e. The molecular weight excluding hydrogens is 361 g/mol. The van der Waals surface area contributed by atoms with Crippen LogP contribution in [0, 0.1) is 5.41 Å². The number of hydrogen-bond donors (Lipinski definition) is 2. The van der Waals surface area contributed by atoms with Crippen molar-refractivity contribution in [1.82, 2.24) is 4.57 Å². The van der Waals surface area contributed by atoms with E-state index in [4.69, 9.17) is 28.7 Å². The van der Waals surface area contributed by atoms with Crippen LogP contribution in [0.25, 0.3) is 0 Å². The highest BCUT2D eigenvalue weighted by Gasteiger charge is 2.66. The second-order valence-corrected chi connectivity index (χ2v) is 9.11. The summed E-state index contributed by atoms with van der Waals surface area (Å²) in [6.45, 7) is 13.2. The van der Waals surface area contributed by atoms with Gasteiger partial charge in [0, 0.05) is 13.2 Å². The predicted molar refractivity (Wildman–Crippen MR) is 106 cm³/mol. The summed E-state index contributed by atoms with van der Waals surface area (Å²) in [6.07, 6.45) is 1.69. The molecule has 8 nitrogen and oxygen atoms in total. The topological polar surface area (TPSA) is 95.2 Å². The van der Waals surface area contributed by atoms with Gasteiger partial charge in [0.25, 0.3) is 0 Å². The quantitative estimate of drug-likeness (QED) is 0.724. The molecule has 0 aromatic carbocycles. The first-order valence-electron chi connectivity index (χ1n) is 9.46. The van der Waals surface area contributed by atoms with Gasteiger partial charge >= 0.3 is 21.1 Å². The van der Waals surface area contributed by atoms with Gasteiger partial charge in [-0.1, -0.05) is 0 Å². The van der Waals surface area contributed by atoms with Gasteiger partial charge in [-0.3, -0.25) is 5.41 Å². The molecule has 0 aliphatic carbocycles. The summed E-state index contributed by atoms with van der Waals surface area (Å²) in [5, 5.41) is 18.5. The summed E-state index contributed by atoms with van der Waals surface area (Å²) in [4.78, 5) is 0. The van der Waals surface area contributed by atoms with Gasteiger partial charge < -0.3 is 32.9 Å². The van der Waals surface area contributed by atoms with E-state index in [1.165, 1.54) is 0 Å². The molecule has 28 heavy (non-hydrogen) atoms. The number of aromatic nitrogens is 1. The second kappa shape index (κ2) is 6.72. The summed E-state index contributed by atoms with van der Waals surface area (Å²) >= 11 is 0. The average molecular weight is 390 g/mol. The van der Waals surface area contributed by atoms with Crippen molar-refractivity contribution in [2.75, 3.05) is 0 Å². The summed E-state index contributed by atoms with van der Waals surface area (Å²) < 4.78 is 31.7. The summed E-state index contributed by atoms with van der Waals surface area (Å²) in [7, 11) is -1.06. The first-order chi connectivity index (χ1) is 12.7. The van der Waals surface area contributed by atoms with E-state index in [0.717, 1.165) is 0 Å². The van der Waals surface area contributed by atoms with Crippen LogP contribution in [0.4, 0.5) is 0 Å². The van der Waals surface area contributed by atoms with Crippen LogP contribution in [0.1, 0.15) is 48.5 Å². The molecular formula is C17H29B3N2O6. The number of rotatable bonds is 4. The first kappa shape index (κ1) is 21.6. The van der Waals surface area contributed by atoms with Crippen LogP contribution in [0.5, 0.6) is 0 Å². The van der Waals surface area contributed by atoms with Crippen molar-refractivity contribution in [2.45, 2.75) is 71.1 Å². The van der Waals surface area contributed by atoms with Crippen LogP contribution in [-0.4, -0.2) is 53.3 Å². The van der Waals surface area contributed by atoms with E-state index >= 15 is 0 Å². The van der Waals surface area contributed by atoms with Crippen molar-refractivity contribution in [2.24, 2.45) is 7.05 Å². The van der Waals surface area contributed by atoms with Crippen LogP contribution in [0.2, 0.25) is 0 Å². The van der Waals surface area contributed by atoms with Crippen molar-refractivity contribution < 1.29 is 28.3 Å². The largest absolute Gasteiger partial charge is 0.493 e. The van der Waals surface area contributed by atoms with Gasteiger partial charge in [0.15, 0.2) is 5.79 Å². The Hall–Kier alpha value is -1.10. The molecule has 1 atom stereocenters. The van der Waals surface area contributed by atoms with E-state index in [9.17, 15) is 5.02 Å².